The largest absolute Gasteiger partial charge is 0.391 e. The summed E-state index contributed by atoms with van der Waals surface area (Å²) in [6.45, 7) is 2.19. The lowest BCUT2D eigenvalue weighted by molar-refractivity contribution is 0.161. The van der Waals surface area contributed by atoms with Gasteiger partial charge in [0.15, 0.2) is 0 Å². The van der Waals surface area contributed by atoms with Crippen molar-refractivity contribution < 1.29 is 10.2 Å². The Kier molecular flexibility index (Phi) is 2.14. The zero-order valence-corrected chi connectivity index (χ0v) is 3.05. The Morgan fingerprint density at radius 2 is 2.00 bits per heavy atom. The van der Waals surface area contributed by atoms with E-state index in [0.29, 0.717) is 0 Å². The Morgan fingerprint density at radius 3 is 2.00 bits per heavy atom. The summed E-state index contributed by atoms with van der Waals surface area (Å²) in [7, 11) is 0. The first-order chi connectivity index (χ1) is 2.27. The van der Waals surface area contributed by atoms with Gasteiger partial charge >= 0.3 is 0 Å². The monoisotopic (exact) mass is 75.0 g/mol. The molecular weight excluding hydrogens is 68.0 g/mol. The van der Waals surface area contributed by atoms with Crippen LogP contribution in [0.5, 0.6) is 0 Å². The Morgan fingerprint density at radius 1 is 1.80 bits per heavy atom. The minimum absolute atomic E-state index is 0.685. The molecule has 0 aliphatic rings. The zero-order valence-electron chi connectivity index (χ0n) is 3.05. The zero-order chi connectivity index (χ0) is 4.28. The molecule has 0 heterocycles. The summed E-state index contributed by atoms with van der Waals surface area (Å²) in [5, 5.41) is 15.8. The van der Waals surface area contributed by atoms with Crippen molar-refractivity contribution in [3.8, 4) is 0 Å². The third kappa shape index (κ3) is 3.92. The molecule has 0 aromatic carbocycles. The minimum atomic E-state index is -0.685. The van der Waals surface area contributed by atoms with Gasteiger partial charge in [-0.3, -0.25) is 0 Å². The topological polar surface area (TPSA) is 40.5 Å². The van der Waals surface area contributed by atoms with E-state index in [1.165, 1.54) is 6.92 Å². The molecule has 0 aromatic heterocycles. The van der Waals surface area contributed by atoms with Gasteiger partial charge in [-0.15, -0.1) is 0 Å². The summed E-state index contributed by atoms with van der Waals surface area (Å²) in [6, 6.07) is 0. The first-order valence-corrected chi connectivity index (χ1v) is 1.43. The van der Waals surface area contributed by atoms with Crippen LogP contribution in [0.25, 0.3) is 0 Å². The number of aliphatic hydroxyl groups excluding tert-OH is 2. The Balaban J connectivity index is 2.54. The van der Waals surface area contributed by atoms with E-state index in [4.69, 9.17) is 10.2 Å². The smallest absolute Gasteiger partial charge is 0.108 e. The fourth-order valence-corrected chi connectivity index (χ4v) is 0. The number of hydrogen-bond acceptors (Lipinski definition) is 2. The van der Waals surface area contributed by atoms with Gasteiger partial charge in [0, 0.05) is 0 Å². The molecule has 0 aliphatic carbocycles. The predicted molar refractivity (Wildman–Crippen MR) is 17.9 cm³/mol. The quantitative estimate of drug-likeness (QED) is 0.457. The van der Waals surface area contributed by atoms with E-state index in [2.05, 4.69) is 0 Å². The maximum absolute atomic E-state index is 8.06. The van der Waals surface area contributed by atoms with Crippen molar-refractivity contribution in [2.24, 2.45) is 0 Å². The maximum atomic E-state index is 8.06. The van der Waals surface area contributed by atoms with Crippen molar-refractivity contribution in [1.82, 2.24) is 0 Å². The molecule has 1 unspecified atom stereocenters. The highest BCUT2D eigenvalue weighted by Gasteiger charge is 1.84. The lowest BCUT2D eigenvalue weighted by Crippen LogP contribution is -1.96. The van der Waals surface area contributed by atoms with Gasteiger partial charge in [-0.05, 0) is 6.92 Å². The van der Waals surface area contributed by atoms with Crippen LogP contribution >= 0.6 is 0 Å². The third-order valence-corrected chi connectivity index (χ3v) is 0.216. The first-order valence-electron chi connectivity index (χ1n) is 1.43. The molecule has 0 amide bonds. The van der Waals surface area contributed by atoms with Gasteiger partial charge in [0.2, 0.25) is 0 Å². The lowest BCUT2D eigenvalue weighted by atomic mass is 10.5. The molecule has 2 N–H and O–H groups in total. The highest BCUT2D eigenvalue weighted by atomic mass is 16.3. The highest BCUT2D eigenvalue weighted by Crippen LogP contribution is 1.75. The molecule has 1 radical (unpaired) electrons. The number of rotatable bonds is 1. The second-order valence-corrected chi connectivity index (χ2v) is 0.890. The fourth-order valence-electron chi connectivity index (χ4n) is 0. The fraction of sp³-hybridized carbons (Fsp3) is 0.667. The summed E-state index contributed by atoms with van der Waals surface area (Å²) in [6.07, 6.45) is -0.685. The molecule has 0 saturated heterocycles. The van der Waals surface area contributed by atoms with E-state index in [0.717, 1.165) is 6.61 Å². The van der Waals surface area contributed by atoms with Crippen molar-refractivity contribution in [1.29, 1.82) is 0 Å². The molecule has 1 atom stereocenters. The van der Waals surface area contributed by atoms with Gasteiger partial charge < -0.3 is 10.2 Å². The van der Waals surface area contributed by atoms with Gasteiger partial charge in [0.25, 0.3) is 0 Å². The van der Waals surface area contributed by atoms with Crippen molar-refractivity contribution in [3.05, 3.63) is 6.61 Å². The summed E-state index contributed by atoms with van der Waals surface area (Å²) in [4.78, 5) is 0. The van der Waals surface area contributed by atoms with Crippen LogP contribution < -0.4 is 0 Å². The normalized spacial score (nSPS) is 15.0. The van der Waals surface area contributed by atoms with E-state index in [9.17, 15) is 0 Å². The van der Waals surface area contributed by atoms with Crippen LogP contribution in [0.4, 0.5) is 0 Å². The van der Waals surface area contributed by atoms with Crippen molar-refractivity contribution >= 4 is 0 Å². The molecule has 5 heavy (non-hydrogen) atoms. The van der Waals surface area contributed by atoms with Gasteiger partial charge in [0.05, 0.1) is 6.10 Å². The molecule has 0 spiro atoms. The van der Waals surface area contributed by atoms with E-state index in [1.807, 2.05) is 0 Å². The molecular formula is C3H7O2. The van der Waals surface area contributed by atoms with Gasteiger partial charge in [-0.2, -0.15) is 0 Å². The van der Waals surface area contributed by atoms with Crippen LogP contribution in [0.1, 0.15) is 6.92 Å². The molecule has 0 saturated carbocycles. The van der Waals surface area contributed by atoms with Crippen molar-refractivity contribution in [2.45, 2.75) is 13.0 Å². The van der Waals surface area contributed by atoms with E-state index in [1.54, 1.807) is 0 Å². The van der Waals surface area contributed by atoms with Crippen LogP contribution in [0.3, 0.4) is 0 Å². The molecule has 0 aliphatic heterocycles. The summed E-state index contributed by atoms with van der Waals surface area (Å²) in [5.74, 6) is 0. The maximum Gasteiger partial charge on any atom is 0.108 e. The molecule has 0 rings (SSSR count). The van der Waals surface area contributed by atoms with Gasteiger partial charge in [-0.25, -0.2) is 0 Å². The Hall–Kier alpha value is -0.0800. The van der Waals surface area contributed by atoms with Crippen LogP contribution in [-0.2, 0) is 0 Å². The predicted octanol–water partition coefficient (Wildman–Crippen LogP) is -0.0985. The van der Waals surface area contributed by atoms with E-state index >= 15 is 0 Å². The van der Waals surface area contributed by atoms with Crippen LogP contribution in [0.15, 0.2) is 0 Å². The Bertz CT molecular complexity index is 18.9. The lowest BCUT2D eigenvalue weighted by Gasteiger charge is -1.88. The summed E-state index contributed by atoms with van der Waals surface area (Å²) >= 11 is 0. The average Bonchev–Trinajstić information content (AvgIpc) is 1.38. The van der Waals surface area contributed by atoms with Gasteiger partial charge in [-0.1, -0.05) is 0 Å². The van der Waals surface area contributed by atoms with Gasteiger partial charge in [0.1, 0.15) is 6.61 Å². The summed E-state index contributed by atoms with van der Waals surface area (Å²) in [5.41, 5.74) is 0. The molecule has 0 bridgehead atoms. The summed E-state index contributed by atoms with van der Waals surface area (Å²) < 4.78 is 0. The van der Waals surface area contributed by atoms with Crippen LogP contribution in [0, 0.1) is 6.61 Å². The van der Waals surface area contributed by atoms with Crippen molar-refractivity contribution in [2.75, 3.05) is 0 Å². The Labute approximate surface area is 31.1 Å². The second-order valence-electron chi connectivity index (χ2n) is 0.890. The highest BCUT2D eigenvalue weighted by molar-refractivity contribution is 4.51. The van der Waals surface area contributed by atoms with Crippen LogP contribution in [0.2, 0.25) is 0 Å². The molecule has 0 fully saturated rings. The van der Waals surface area contributed by atoms with E-state index < -0.39 is 6.10 Å². The number of hydrogen-bond donors (Lipinski definition) is 2. The minimum Gasteiger partial charge on any atom is -0.391 e. The molecule has 2 heteroatoms. The van der Waals surface area contributed by atoms with Crippen molar-refractivity contribution in [3.63, 3.8) is 0 Å². The van der Waals surface area contributed by atoms with E-state index in [-0.39, 0.29) is 0 Å². The third-order valence-electron chi connectivity index (χ3n) is 0.216. The molecule has 0 aromatic rings. The molecule has 2 nitrogen and oxygen atoms in total. The SMILES string of the molecule is CC(O)[CH]O. The standard InChI is InChI=1S/C3H7O2/c1-3(5)2-4/h2-5H,1H3. The number of aliphatic hydroxyl groups is 2. The average molecular weight is 75.1 g/mol. The van der Waals surface area contributed by atoms with Crippen LogP contribution in [-0.4, -0.2) is 16.3 Å². The second kappa shape index (κ2) is 2.18. The molecule has 31 valence electrons. The first kappa shape index (κ1) is 4.92.